The van der Waals surface area contributed by atoms with Gasteiger partial charge in [-0.2, -0.15) is 0 Å². The fourth-order valence-corrected chi connectivity index (χ4v) is 0.826. The summed E-state index contributed by atoms with van der Waals surface area (Å²) in [6.45, 7) is 1.64. The van der Waals surface area contributed by atoms with Crippen LogP contribution in [0.15, 0.2) is 12.3 Å². The van der Waals surface area contributed by atoms with Crippen molar-refractivity contribution in [3.05, 3.63) is 27.9 Å². The molecule has 0 aliphatic heterocycles. The van der Waals surface area contributed by atoms with Crippen molar-refractivity contribution in [2.45, 2.75) is 6.92 Å². The summed E-state index contributed by atoms with van der Waals surface area (Å²) in [5, 5.41) is 10.3. The van der Waals surface area contributed by atoms with Crippen molar-refractivity contribution in [1.29, 1.82) is 0 Å². The maximum atomic E-state index is 10.3. The second-order valence-electron chi connectivity index (χ2n) is 2.27. The number of aromatic nitrogens is 1. The first-order valence-corrected chi connectivity index (χ1v) is 3.30. The number of ether oxygens (including phenoxy) is 1. The highest BCUT2D eigenvalue weighted by Gasteiger charge is 2.10. The minimum Gasteiger partial charge on any atom is -0.481 e. The van der Waals surface area contributed by atoms with E-state index in [1.165, 1.54) is 19.4 Å². The Hall–Kier alpha value is -1.65. The van der Waals surface area contributed by atoms with E-state index >= 15 is 0 Å². The van der Waals surface area contributed by atoms with Crippen molar-refractivity contribution < 1.29 is 9.66 Å². The minimum atomic E-state index is -0.470. The first-order valence-electron chi connectivity index (χ1n) is 3.30. The van der Waals surface area contributed by atoms with Crippen LogP contribution in [-0.2, 0) is 0 Å². The van der Waals surface area contributed by atoms with Gasteiger partial charge in [0.1, 0.15) is 6.20 Å². The molecule has 0 unspecified atom stereocenters. The van der Waals surface area contributed by atoms with Gasteiger partial charge in [0.15, 0.2) is 0 Å². The van der Waals surface area contributed by atoms with Crippen LogP contribution in [0.5, 0.6) is 5.88 Å². The normalized spacial score (nSPS) is 9.50. The summed E-state index contributed by atoms with van der Waals surface area (Å²) in [4.78, 5) is 13.6. The topological polar surface area (TPSA) is 65.3 Å². The quantitative estimate of drug-likeness (QED) is 0.493. The third kappa shape index (κ3) is 1.50. The van der Waals surface area contributed by atoms with Crippen molar-refractivity contribution in [3.63, 3.8) is 0 Å². The molecule has 0 radical (unpaired) electrons. The van der Waals surface area contributed by atoms with Gasteiger partial charge in [-0.1, -0.05) is 0 Å². The van der Waals surface area contributed by atoms with Crippen molar-refractivity contribution in [2.24, 2.45) is 0 Å². The molecule has 0 amide bonds. The fraction of sp³-hybridized carbons (Fsp3) is 0.286. The molecule has 5 nitrogen and oxygen atoms in total. The van der Waals surface area contributed by atoms with Crippen LogP contribution in [0.2, 0.25) is 0 Å². The molecule has 0 saturated heterocycles. The van der Waals surface area contributed by atoms with E-state index in [0.717, 1.165) is 0 Å². The molecule has 5 heteroatoms. The van der Waals surface area contributed by atoms with E-state index in [1.807, 2.05) is 0 Å². The lowest BCUT2D eigenvalue weighted by Gasteiger charge is -1.99. The van der Waals surface area contributed by atoms with Crippen molar-refractivity contribution in [2.75, 3.05) is 7.11 Å². The van der Waals surface area contributed by atoms with Gasteiger partial charge in [-0.3, -0.25) is 10.1 Å². The first-order chi connectivity index (χ1) is 5.65. The smallest absolute Gasteiger partial charge is 0.290 e. The molecule has 1 rings (SSSR count). The summed E-state index contributed by atoms with van der Waals surface area (Å²) in [5.74, 6) is 0.387. The largest absolute Gasteiger partial charge is 0.481 e. The molecule has 64 valence electrons. The lowest BCUT2D eigenvalue weighted by molar-refractivity contribution is -0.385. The van der Waals surface area contributed by atoms with Gasteiger partial charge in [-0.25, -0.2) is 4.98 Å². The van der Waals surface area contributed by atoms with Gasteiger partial charge in [0.2, 0.25) is 5.88 Å². The molecule has 0 spiro atoms. The number of hydrogen-bond acceptors (Lipinski definition) is 4. The average molecular weight is 168 g/mol. The number of pyridine rings is 1. The summed E-state index contributed by atoms with van der Waals surface area (Å²) in [6.07, 6.45) is 1.19. The molecule has 0 aliphatic carbocycles. The maximum Gasteiger partial charge on any atom is 0.290 e. The summed E-state index contributed by atoms with van der Waals surface area (Å²) < 4.78 is 4.80. The van der Waals surface area contributed by atoms with Crippen molar-refractivity contribution in [3.8, 4) is 5.88 Å². The molecule has 0 bridgehead atoms. The fourth-order valence-electron chi connectivity index (χ4n) is 0.826. The molecule has 0 aromatic carbocycles. The predicted molar refractivity (Wildman–Crippen MR) is 42.2 cm³/mol. The van der Waals surface area contributed by atoms with Gasteiger partial charge in [0.25, 0.3) is 5.69 Å². The molecule has 12 heavy (non-hydrogen) atoms. The lowest BCUT2D eigenvalue weighted by Crippen LogP contribution is -1.94. The minimum absolute atomic E-state index is 0.0100. The van der Waals surface area contributed by atoms with Crippen LogP contribution in [0.1, 0.15) is 5.56 Å². The van der Waals surface area contributed by atoms with Crippen LogP contribution in [0.4, 0.5) is 5.69 Å². The Kier molecular flexibility index (Phi) is 2.23. The Morgan fingerprint density at radius 1 is 1.67 bits per heavy atom. The zero-order valence-corrected chi connectivity index (χ0v) is 6.77. The number of rotatable bonds is 2. The van der Waals surface area contributed by atoms with Crippen LogP contribution in [0.25, 0.3) is 0 Å². The second-order valence-corrected chi connectivity index (χ2v) is 2.27. The van der Waals surface area contributed by atoms with Crippen LogP contribution >= 0.6 is 0 Å². The molecule has 0 atom stereocenters. The highest BCUT2D eigenvalue weighted by atomic mass is 16.6. The average Bonchev–Trinajstić information content (AvgIpc) is 2.03. The second kappa shape index (κ2) is 3.17. The van der Waals surface area contributed by atoms with Crippen molar-refractivity contribution in [1.82, 2.24) is 4.98 Å². The predicted octanol–water partition coefficient (Wildman–Crippen LogP) is 1.31. The molecule has 0 fully saturated rings. The highest BCUT2D eigenvalue weighted by Crippen LogP contribution is 2.19. The molecule has 1 heterocycles. The van der Waals surface area contributed by atoms with Gasteiger partial charge >= 0.3 is 0 Å². The zero-order chi connectivity index (χ0) is 9.14. The summed E-state index contributed by atoms with van der Waals surface area (Å²) in [7, 11) is 1.47. The van der Waals surface area contributed by atoms with Gasteiger partial charge in [0, 0.05) is 11.6 Å². The van der Waals surface area contributed by atoms with Gasteiger partial charge in [-0.15, -0.1) is 0 Å². The number of nitro groups is 1. The molecule has 0 saturated carbocycles. The van der Waals surface area contributed by atoms with Gasteiger partial charge < -0.3 is 4.74 Å². The van der Waals surface area contributed by atoms with Crippen LogP contribution in [0, 0.1) is 17.0 Å². The molecule has 1 aromatic rings. The molecular formula is C7H8N2O3. The van der Waals surface area contributed by atoms with E-state index in [9.17, 15) is 10.1 Å². The number of hydrogen-bond donors (Lipinski definition) is 0. The van der Waals surface area contributed by atoms with E-state index in [4.69, 9.17) is 4.74 Å². The first kappa shape index (κ1) is 8.45. The monoisotopic (exact) mass is 168 g/mol. The number of nitrogens with zero attached hydrogens (tertiary/aromatic N) is 2. The van der Waals surface area contributed by atoms with Gasteiger partial charge in [0.05, 0.1) is 12.0 Å². The van der Waals surface area contributed by atoms with E-state index in [-0.39, 0.29) is 5.69 Å². The summed E-state index contributed by atoms with van der Waals surface area (Å²) in [6, 6.07) is 1.53. The Bertz CT molecular complexity index is 312. The Morgan fingerprint density at radius 3 is 2.75 bits per heavy atom. The summed E-state index contributed by atoms with van der Waals surface area (Å²) >= 11 is 0. The van der Waals surface area contributed by atoms with Crippen LogP contribution in [-0.4, -0.2) is 17.0 Å². The zero-order valence-electron chi connectivity index (χ0n) is 6.77. The molecule has 0 aliphatic rings. The summed E-state index contributed by atoms with van der Waals surface area (Å²) in [5.41, 5.74) is 0.558. The number of methoxy groups -OCH3 is 1. The van der Waals surface area contributed by atoms with E-state index < -0.39 is 4.92 Å². The van der Waals surface area contributed by atoms with Gasteiger partial charge in [-0.05, 0) is 6.92 Å². The van der Waals surface area contributed by atoms with E-state index in [1.54, 1.807) is 6.92 Å². The highest BCUT2D eigenvalue weighted by molar-refractivity contribution is 5.39. The Morgan fingerprint density at radius 2 is 2.33 bits per heavy atom. The third-order valence-corrected chi connectivity index (χ3v) is 1.46. The van der Waals surface area contributed by atoms with Crippen LogP contribution < -0.4 is 4.74 Å². The lowest BCUT2D eigenvalue weighted by atomic mass is 10.2. The Labute approximate surface area is 69.1 Å². The Balaban J connectivity index is 3.12. The molecule has 1 aromatic heterocycles. The standard InChI is InChI=1S/C7H8N2O3/c1-5-3-7(12-2)8-4-6(5)9(10)11/h3-4H,1-2H3. The van der Waals surface area contributed by atoms with Crippen molar-refractivity contribution >= 4 is 5.69 Å². The number of aryl methyl sites for hydroxylation is 1. The third-order valence-electron chi connectivity index (χ3n) is 1.46. The maximum absolute atomic E-state index is 10.3. The van der Waals surface area contributed by atoms with Crippen LogP contribution in [0.3, 0.4) is 0 Å². The molecule has 0 N–H and O–H groups in total. The SMILES string of the molecule is COc1cc(C)c([N+](=O)[O-])cn1. The molecular weight excluding hydrogens is 160 g/mol. The van der Waals surface area contributed by atoms with E-state index in [2.05, 4.69) is 4.98 Å². The van der Waals surface area contributed by atoms with E-state index in [0.29, 0.717) is 11.4 Å².